The minimum absolute atomic E-state index is 0.0202. The fourth-order valence-corrected chi connectivity index (χ4v) is 4.99. The molecule has 0 fully saturated rings. The highest BCUT2D eigenvalue weighted by Gasteiger charge is 2.27. The molecule has 24 heavy (non-hydrogen) atoms. The summed E-state index contributed by atoms with van der Waals surface area (Å²) in [5.41, 5.74) is 0.250. The molecular weight excluding hydrogens is 354 g/mol. The molecule has 2 aromatic carbocycles. The van der Waals surface area contributed by atoms with Gasteiger partial charge in [-0.05, 0) is 24.3 Å². The minimum Gasteiger partial charge on any atom is -0.454 e. The van der Waals surface area contributed by atoms with Gasteiger partial charge in [0.05, 0.1) is 10.4 Å². The summed E-state index contributed by atoms with van der Waals surface area (Å²) in [4.78, 5) is 0.0202. The molecule has 0 bridgehead atoms. The lowest BCUT2D eigenvalue weighted by Crippen LogP contribution is -2.16. The molecule has 0 aliphatic carbocycles. The third-order valence-electron chi connectivity index (χ3n) is 3.68. The summed E-state index contributed by atoms with van der Waals surface area (Å²) in [5, 5.41) is 0.230. The molecule has 0 amide bonds. The lowest BCUT2D eigenvalue weighted by molar-refractivity contribution is 0.174. The highest BCUT2D eigenvalue weighted by molar-refractivity contribution is 7.90. The average molecular weight is 365 g/mol. The van der Waals surface area contributed by atoms with Crippen molar-refractivity contribution < 1.29 is 26.7 Å². The summed E-state index contributed by atoms with van der Waals surface area (Å²) < 4.78 is 58.6. The summed E-state index contributed by atoms with van der Waals surface area (Å²) in [7, 11) is -4.05. The zero-order valence-electron chi connectivity index (χ0n) is 12.1. The molecule has 1 atom stereocenters. The number of aromatic nitrogens is 1. The van der Waals surface area contributed by atoms with E-state index in [1.54, 1.807) is 24.3 Å². The molecule has 1 aliphatic heterocycles. The normalized spacial score (nSPS) is 14.9. The minimum atomic E-state index is -4.05. The molecule has 1 N–H and O–H groups in total. The number of rotatable bonds is 3. The molecule has 0 saturated heterocycles. The summed E-state index contributed by atoms with van der Waals surface area (Å²) >= 11 is -2.49. The second-order valence-corrected chi connectivity index (χ2v) is 7.78. The molecular formula is C15H11NO6S2. The lowest BCUT2D eigenvalue weighted by Gasteiger charge is -2.10. The van der Waals surface area contributed by atoms with Gasteiger partial charge in [0.1, 0.15) is 5.03 Å². The van der Waals surface area contributed by atoms with Gasteiger partial charge < -0.3 is 14.0 Å². The first kappa shape index (κ1) is 15.2. The van der Waals surface area contributed by atoms with Crippen molar-refractivity contribution in [1.82, 2.24) is 3.97 Å². The van der Waals surface area contributed by atoms with Crippen molar-refractivity contribution in [3.05, 3.63) is 48.5 Å². The van der Waals surface area contributed by atoms with Gasteiger partial charge in [-0.1, -0.05) is 18.2 Å². The Labute approximate surface area is 139 Å². The molecule has 2 heterocycles. The van der Waals surface area contributed by atoms with Crippen molar-refractivity contribution in [2.45, 2.75) is 9.92 Å². The molecule has 7 nitrogen and oxygen atoms in total. The van der Waals surface area contributed by atoms with Crippen molar-refractivity contribution in [3.8, 4) is 11.5 Å². The maximum atomic E-state index is 13.0. The van der Waals surface area contributed by atoms with E-state index in [9.17, 15) is 17.2 Å². The fourth-order valence-electron chi connectivity index (χ4n) is 2.62. The van der Waals surface area contributed by atoms with Crippen molar-refractivity contribution in [3.63, 3.8) is 0 Å². The third kappa shape index (κ3) is 2.20. The highest BCUT2D eigenvalue weighted by atomic mass is 32.2. The molecule has 4 rings (SSSR count). The predicted molar refractivity (Wildman–Crippen MR) is 86.1 cm³/mol. The van der Waals surface area contributed by atoms with Gasteiger partial charge >= 0.3 is 0 Å². The van der Waals surface area contributed by atoms with Gasteiger partial charge in [0.2, 0.25) is 17.9 Å². The van der Waals surface area contributed by atoms with E-state index in [1.807, 2.05) is 0 Å². The summed E-state index contributed by atoms with van der Waals surface area (Å²) in [6.07, 6.45) is 0. The van der Waals surface area contributed by atoms with Gasteiger partial charge in [-0.2, -0.15) is 0 Å². The molecule has 0 radical (unpaired) electrons. The Bertz CT molecular complexity index is 1070. The first-order chi connectivity index (χ1) is 11.5. The fraction of sp³-hybridized carbons (Fsp3) is 0.0667. The lowest BCUT2D eigenvalue weighted by atomic mass is 10.2. The highest BCUT2D eigenvalue weighted by Crippen LogP contribution is 2.38. The first-order valence-electron chi connectivity index (χ1n) is 6.85. The standard InChI is InChI=1S/C15H11NO6S2/c17-23(18)15-7-10-6-13-14(22-9-21-13)8-12(10)16(15)24(19,20)11-4-2-1-3-5-11/h1-8H,9H2,(H,17,18). The van der Waals surface area contributed by atoms with Crippen LogP contribution in [0.1, 0.15) is 0 Å². The van der Waals surface area contributed by atoms with E-state index in [0.29, 0.717) is 16.9 Å². The van der Waals surface area contributed by atoms with Crippen molar-refractivity contribution in [2.24, 2.45) is 0 Å². The Morgan fingerprint density at radius 3 is 2.38 bits per heavy atom. The van der Waals surface area contributed by atoms with Crippen LogP contribution in [0.4, 0.5) is 0 Å². The number of fused-ring (bicyclic) bond motifs is 2. The van der Waals surface area contributed by atoms with Crippen LogP contribution in [0.15, 0.2) is 58.5 Å². The van der Waals surface area contributed by atoms with Gasteiger partial charge in [0.25, 0.3) is 10.0 Å². The molecule has 1 aliphatic rings. The van der Waals surface area contributed by atoms with Gasteiger partial charge in [-0.3, -0.25) is 0 Å². The Morgan fingerprint density at radius 1 is 1.04 bits per heavy atom. The second-order valence-electron chi connectivity index (χ2n) is 5.08. The Kier molecular flexibility index (Phi) is 3.37. The van der Waals surface area contributed by atoms with Crippen LogP contribution >= 0.6 is 0 Å². The van der Waals surface area contributed by atoms with E-state index in [-0.39, 0.29) is 22.2 Å². The van der Waals surface area contributed by atoms with Crippen molar-refractivity contribution in [1.29, 1.82) is 0 Å². The van der Waals surface area contributed by atoms with Gasteiger partial charge in [-0.25, -0.2) is 16.6 Å². The predicted octanol–water partition coefficient (Wildman–Crippen LogP) is 2.19. The Morgan fingerprint density at radius 2 is 1.71 bits per heavy atom. The number of nitrogens with zero attached hydrogens (tertiary/aromatic N) is 1. The average Bonchev–Trinajstić information content (AvgIpc) is 3.16. The number of hydrogen-bond donors (Lipinski definition) is 1. The number of benzene rings is 2. The smallest absolute Gasteiger partial charge is 0.269 e. The molecule has 0 spiro atoms. The van der Waals surface area contributed by atoms with E-state index >= 15 is 0 Å². The molecule has 9 heteroatoms. The summed E-state index contributed by atoms with van der Waals surface area (Å²) in [6.45, 7) is 0.0478. The van der Waals surface area contributed by atoms with Crippen LogP contribution in [-0.4, -0.2) is 27.9 Å². The molecule has 3 aromatic rings. The zero-order chi connectivity index (χ0) is 16.9. The van der Waals surface area contributed by atoms with E-state index in [2.05, 4.69) is 0 Å². The van der Waals surface area contributed by atoms with Crippen molar-refractivity contribution >= 4 is 32.0 Å². The van der Waals surface area contributed by atoms with E-state index < -0.39 is 21.1 Å². The second kappa shape index (κ2) is 5.33. The SMILES string of the molecule is O=S(O)c1cc2cc3c(cc2n1S(=O)(=O)c1ccccc1)OCO3. The Balaban J connectivity index is 2.06. The monoisotopic (exact) mass is 365 g/mol. The van der Waals surface area contributed by atoms with E-state index in [0.717, 1.165) is 3.97 Å². The van der Waals surface area contributed by atoms with Crippen LogP contribution in [0.5, 0.6) is 11.5 Å². The van der Waals surface area contributed by atoms with Crippen molar-refractivity contribution in [2.75, 3.05) is 6.79 Å². The van der Waals surface area contributed by atoms with Crippen LogP contribution in [0.3, 0.4) is 0 Å². The van der Waals surface area contributed by atoms with Crippen LogP contribution in [0.2, 0.25) is 0 Å². The molecule has 1 unspecified atom stereocenters. The van der Waals surface area contributed by atoms with Crippen LogP contribution in [-0.2, 0) is 21.1 Å². The quantitative estimate of drug-likeness (QED) is 0.715. The maximum Gasteiger partial charge on any atom is 0.269 e. The van der Waals surface area contributed by atoms with Gasteiger partial charge in [0, 0.05) is 11.5 Å². The summed E-state index contributed by atoms with van der Waals surface area (Å²) in [5.74, 6) is 0.854. The zero-order valence-corrected chi connectivity index (χ0v) is 13.7. The van der Waals surface area contributed by atoms with Crippen LogP contribution in [0, 0.1) is 0 Å². The topological polar surface area (TPSA) is 94.8 Å². The van der Waals surface area contributed by atoms with Crippen LogP contribution in [0.25, 0.3) is 10.9 Å². The molecule has 1 aromatic heterocycles. The summed E-state index contributed by atoms with van der Waals surface area (Å²) in [6, 6.07) is 12.2. The molecule has 124 valence electrons. The first-order valence-corrected chi connectivity index (χ1v) is 9.40. The third-order valence-corrected chi connectivity index (χ3v) is 6.20. The number of ether oxygens (including phenoxy) is 2. The van der Waals surface area contributed by atoms with Gasteiger partial charge in [0.15, 0.2) is 11.5 Å². The van der Waals surface area contributed by atoms with E-state index in [1.165, 1.54) is 24.3 Å². The molecule has 0 saturated carbocycles. The van der Waals surface area contributed by atoms with Gasteiger partial charge in [-0.15, -0.1) is 0 Å². The van der Waals surface area contributed by atoms with Crippen LogP contribution < -0.4 is 9.47 Å². The Hall–Kier alpha value is -2.36. The largest absolute Gasteiger partial charge is 0.454 e. The van der Waals surface area contributed by atoms with E-state index in [4.69, 9.17) is 9.47 Å². The number of hydrogen-bond acceptors (Lipinski definition) is 5. The maximum absolute atomic E-state index is 13.0.